The first kappa shape index (κ1) is 17.0. The molecule has 1 fully saturated rings. The molecular weight excluding hydrogens is 324 g/mol. The topological polar surface area (TPSA) is 37.5 Å². The number of nitrogens with zero attached hydrogens (tertiary/aromatic N) is 1. The average Bonchev–Trinajstić information content (AvgIpc) is 3.31. The summed E-state index contributed by atoms with van der Waals surface area (Å²) in [4.78, 5) is 5.95. The Morgan fingerprint density at radius 1 is 1.08 bits per heavy atom. The lowest BCUT2D eigenvalue weighted by molar-refractivity contribution is 0.317. The predicted molar refractivity (Wildman–Crippen MR) is 105 cm³/mol. The SMILES string of the molecule is COc1ccc(CC2CCN(Cc3cccc4cc[nH]c34)C2)cc1OC. The molecule has 1 aromatic heterocycles. The fraction of sp³-hybridized carbons (Fsp3) is 0.364. The molecule has 0 bridgehead atoms. The van der Waals surface area contributed by atoms with Crippen LogP contribution in [0.5, 0.6) is 11.5 Å². The van der Waals surface area contributed by atoms with E-state index in [9.17, 15) is 0 Å². The maximum absolute atomic E-state index is 5.44. The first-order valence-electron chi connectivity index (χ1n) is 9.25. The molecule has 1 N–H and O–H groups in total. The number of hydrogen-bond acceptors (Lipinski definition) is 3. The second-order valence-corrected chi connectivity index (χ2v) is 7.14. The van der Waals surface area contributed by atoms with Crippen LogP contribution in [0.4, 0.5) is 0 Å². The molecule has 1 aliphatic heterocycles. The number of methoxy groups -OCH3 is 2. The molecule has 4 nitrogen and oxygen atoms in total. The van der Waals surface area contributed by atoms with Crippen molar-refractivity contribution in [3.63, 3.8) is 0 Å². The zero-order valence-electron chi connectivity index (χ0n) is 15.5. The first-order valence-corrected chi connectivity index (χ1v) is 9.25. The van der Waals surface area contributed by atoms with Gasteiger partial charge in [0.2, 0.25) is 0 Å². The number of para-hydroxylation sites is 1. The molecule has 136 valence electrons. The number of H-pyrrole nitrogens is 1. The van der Waals surface area contributed by atoms with Gasteiger partial charge in [0.15, 0.2) is 11.5 Å². The van der Waals surface area contributed by atoms with Gasteiger partial charge in [-0.05, 0) is 60.0 Å². The summed E-state index contributed by atoms with van der Waals surface area (Å²) < 4.78 is 10.8. The van der Waals surface area contributed by atoms with E-state index in [4.69, 9.17) is 9.47 Å². The van der Waals surface area contributed by atoms with E-state index in [0.29, 0.717) is 5.92 Å². The van der Waals surface area contributed by atoms with Crippen molar-refractivity contribution < 1.29 is 9.47 Å². The summed E-state index contributed by atoms with van der Waals surface area (Å²) in [5, 5.41) is 1.29. The molecule has 0 spiro atoms. The monoisotopic (exact) mass is 350 g/mol. The van der Waals surface area contributed by atoms with Gasteiger partial charge in [0.05, 0.1) is 14.2 Å². The van der Waals surface area contributed by atoms with Crippen LogP contribution in [-0.4, -0.2) is 37.2 Å². The minimum atomic E-state index is 0.691. The Morgan fingerprint density at radius 2 is 1.96 bits per heavy atom. The minimum Gasteiger partial charge on any atom is -0.493 e. The average molecular weight is 350 g/mol. The number of benzene rings is 2. The maximum Gasteiger partial charge on any atom is 0.160 e. The zero-order valence-corrected chi connectivity index (χ0v) is 15.5. The van der Waals surface area contributed by atoms with E-state index in [2.05, 4.69) is 46.3 Å². The summed E-state index contributed by atoms with van der Waals surface area (Å²) in [7, 11) is 3.37. The third-order valence-electron chi connectivity index (χ3n) is 5.41. The van der Waals surface area contributed by atoms with Crippen LogP contribution < -0.4 is 9.47 Å². The van der Waals surface area contributed by atoms with Gasteiger partial charge in [-0.2, -0.15) is 0 Å². The number of hydrogen-bond donors (Lipinski definition) is 1. The van der Waals surface area contributed by atoms with Gasteiger partial charge in [0.1, 0.15) is 0 Å². The van der Waals surface area contributed by atoms with E-state index in [0.717, 1.165) is 37.6 Å². The van der Waals surface area contributed by atoms with Crippen LogP contribution in [0.2, 0.25) is 0 Å². The molecule has 0 saturated carbocycles. The number of aromatic nitrogens is 1. The second-order valence-electron chi connectivity index (χ2n) is 7.14. The number of fused-ring (bicyclic) bond motifs is 1. The molecule has 2 heterocycles. The number of ether oxygens (including phenoxy) is 2. The molecule has 1 saturated heterocycles. The lowest BCUT2D eigenvalue weighted by Gasteiger charge is -2.17. The molecule has 3 aromatic rings. The van der Waals surface area contributed by atoms with Crippen molar-refractivity contribution in [1.82, 2.24) is 9.88 Å². The third kappa shape index (κ3) is 3.42. The van der Waals surface area contributed by atoms with E-state index in [1.165, 1.54) is 28.5 Å². The van der Waals surface area contributed by atoms with Crippen molar-refractivity contribution in [3.05, 3.63) is 59.8 Å². The molecular formula is C22H26N2O2. The number of aromatic amines is 1. The Morgan fingerprint density at radius 3 is 2.81 bits per heavy atom. The van der Waals surface area contributed by atoms with Gasteiger partial charge in [-0.25, -0.2) is 0 Å². The standard InChI is InChI=1S/C22H26N2O2/c1-25-20-7-6-16(13-21(20)26-2)12-17-9-11-24(14-17)15-19-5-3-4-18-8-10-23-22(18)19/h3-8,10,13,17,23H,9,11-12,14-15H2,1-2H3. The minimum absolute atomic E-state index is 0.691. The van der Waals surface area contributed by atoms with Crippen LogP contribution >= 0.6 is 0 Å². The Kier molecular flexibility index (Phi) is 4.85. The summed E-state index contributed by atoms with van der Waals surface area (Å²) in [6.45, 7) is 3.32. The number of nitrogens with one attached hydrogen (secondary N) is 1. The molecule has 1 atom stereocenters. The van der Waals surface area contributed by atoms with Crippen molar-refractivity contribution >= 4 is 10.9 Å². The van der Waals surface area contributed by atoms with Gasteiger partial charge < -0.3 is 14.5 Å². The van der Waals surface area contributed by atoms with Crippen molar-refractivity contribution in [2.24, 2.45) is 5.92 Å². The van der Waals surface area contributed by atoms with Crippen LogP contribution in [0, 0.1) is 5.92 Å². The van der Waals surface area contributed by atoms with Crippen LogP contribution in [0.15, 0.2) is 48.7 Å². The lowest BCUT2D eigenvalue weighted by Crippen LogP contribution is -2.20. The van der Waals surface area contributed by atoms with Crippen molar-refractivity contribution in [1.29, 1.82) is 0 Å². The van der Waals surface area contributed by atoms with E-state index in [1.54, 1.807) is 14.2 Å². The Balaban J connectivity index is 1.40. The van der Waals surface area contributed by atoms with Crippen molar-refractivity contribution in [3.8, 4) is 11.5 Å². The predicted octanol–water partition coefficient (Wildman–Crippen LogP) is 4.25. The molecule has 0 amide bonds. The molecule has 4 heteroatoms. The summed E-state index contributed by atoms with van der Waals surface area (Å²) in [6.07, 6.45) is 4.36. The molecule has 0 aliphatic carbocycles. The van der Waals surface area contributed by atoms with Crippen LogP contribution in [0.25, 0.3) is 10.9 Å². The number of rotatable bonds is 6. The van der Waals surface area contributed by atoms with Gasteiger partial charge in [-0.15, -0.1) is 0 Å². The molecule has 1 unspecified atom stereocenters. The van der Waals surface area contributed by atoms with Crippen molar-refractivity contribution in [2.75, 3.05) is 27.3 Å². The number of likely N-dealkylation sites (tertiary alicyclic amines) is 1. The van der Waals surface area contributed by atoms with Crippen molar-refractivity contribution in [2.45, 2.75) is 19.4 Å². The van der Waals surface area contributed by atoms with E-state index < -0.39 is 0 Å². The molecule has 2 aromatic carbocycles. The van der Waals surface area contributed by atoms with Crippen LogP contribution in [0.3, 0.4) is 0 Å². The maximum atomic E-state index is 5.44. The van der Waals surface area contributed by atoms with Gasteiger partial charge in [0.25, 0.3) is 0 Å². The van der Waals surface area contributed by atoms with Gasteiger partial charge >= 0.3 is 0 Å². The highest BCUT2D eigenvalue weighted by atomic mass is 16.5. The molecule has 1 aliphatic rings. The third-order valence-corrected chi connectivity index (χ3v) is 5.41. The fourth-order valence-electron chi connectivity index (χ4n) is 4.09. The van der Waals surface area contributed by atoms with E-state index in [1.807, 2.05) is 12.3 Å². The zero-order chi connectivity index (χ0) is 17.9. The van der Waals surface area contributed by atoms with Gasteiger partial charge in [-0.3, -0.25) is 4.90 Å². The first-order chi connectivity index (χ1) is 12.8. The summed E-state index contributed by atoms with van der Waals surface area (Å²) >= 11 is 0. The fourth-order valence-corrected chi connectivity index (χ4v) is 4.09. The highest BCUT2D eigenvalue weighted by Crippen LogP contribution is 2.30. The van der Waals surface area contributed by atoms with Gasteiger partial charge in [0, 0.05) is 24.8 Å². The highest BCUT2D eigenvalue weighted by molar-refractivity contribution is 5.82. The Labute approximate surface area is 154 Å². The van der Waals surface area contributed by atoms with Crippen LogP contribution in [-0.2, 0) is 13.0 Å². The van der Waals surface area contributed by atoms with Crippen LogP contribution in [0.1, 0.15) is 17.5 Å². The Bertz CT molecular complexity index is 887. The molecule has 4 rings (SSSR count). The summed E-state index contributed by atoms with van der Waals surface area (Å²) in [5.74, 6) is 2.30. The summed E-state index contributed by atoms with van der Waals surface area (Å²) in [6, 6.07) is 15.0. The quantitative estimate of drug-likeness (QED) is 0.722. The molecule has 26 heavy (non-hydrogen) atoms. The summed E-state index contributed by atoms with van der Waals surface area (Å²) in [5.41, 5.74) is 3.98. The highest BCUT2D eigenvalue weighted by Gasteiger charge is 2.23. The van der Waals surface area contributed by atoms with E-state index in [-0.39, 0.29) is 0 Å². The lowest BCUT2D eigenvalue weighted by atomic mass is 9.98. The second kappa shape index (κ2) is 7.42. The Hall–Kier alpha value is -2.46. The molecule has 0 radical (unpaired) electrons. The van der Waals surface area contributed by atoms with E-state index >= 15 is 0 Å². The largest absolute Gasteiger partial charge is 0.493 e. The normalized spacial score (nSPS) is 17.7. The van der Waals surface area contributed by atoms with Gasteiger partial charge in [-0.1, -0.05) is 24.3 Å². The smallest absolute Gasteiger partial charge is 0.160 e.